The number of unbranched alkanes of at least 4 members (excludes halogenated alkanes) is 1. The highest BCUT2D eigenvalue weighted by Crippen LogP contribution is 2.18. The molecule has 2 N–H and O–H groups in total. The highest BCUT2D eigenvalue weighted by atomic mass is 32.2. The maximum absolute atomic E-state index is 12.9. The molecule has 0 aromatic heterocycles. The van der Waals surface area contributed by atoms with Crippen molar-refractivity contribution in [3.8, 4) is 0 Å². The van der Waals surface area contributed by atoms with Crippen molar-refractivity contribution in [2.45, 2.75) is 24.7 Å². The average molecular weight is 322 g/mol. The van der Waals surface area contributed by atoms with Crippen molar-refractivity contribution in [1.82, 2.24) is 0 Å². The van der Waals surface area contributed by atoms with Crippen LogP contribution in [-0.2, 0) is 10.0 Å². The zero-order chi connectivity index (χ0) is 16.0. The summed E-state index contributed by atoms with van der Waals surface area (Å²) in [6.45, 7) is 3.01. The normalized spacial score (nSPS) is 11.2. The van der Waals surface area contributed by atoms with E-state index in [2.05, 4.69) is 17.0 Å². The first kappa shape index (κ1) is 16.3. The third-order valence-electron chi connectivity index (χ3n) is 3.12. The van der Waals surface area contributed by atoms with Crippen LogP contribution in [-0.4, -0.2) is 15.0 Å². The Bertz CT molecular complexity index is 698. The van der Waals surface area contributed by atoms with Crippen molar-refractivity contribution in [3.05, 3.63) is 54.3 Å². The fourth-order valence-electron chi connectivity index (χ4n) is 1.89. The van der Waals surface area contributed by atoms with Crippen molar-refractivity contribution in [2.24, 2.45) is 0 Å². The second-order valence-electron chi connectivity index (χ2n) is 4.92. The second kappa shape index (κ2) is 7.26. The highest BCUT2D eigenvalue weighted by Gasteiger charge is 2.13. The summed E-state index contributed by atoms with van der Waals surface area (Å²) in [5.41, 5.74) is 1.41. The molecule has 0 aliphatic heterocycles. The van der Waals surface area contributed by atoms with Gasteiger partial charge in [0.25, 0.3) is 10.0 Å². The number of hydrogen-bond donors (Lipinski definition) is 2. The maximum atomic E-state index is 12.9. The molecule has 0 atom stereocenters. The van der Waals surface area contributed by atoms with Crippen LogP contribution in [0.3, 0.4) is 0 Å². The van der Waals surface area contributed by atoms with Crippen LogP contribution in [0, 0.1) is 5.82 Å². The lowest BCUT2D eigenvalue weighted by Crippen LogP contribution is -2.13. The van der Waals surface area contributed by atoms with E-state index >= 15 is 0 Å². The molecule has 0 aliphatic rings. The Labute approximate surface area is 130 Å². The van der Waals surface area contributed by atoms with Gasteiger partial charge in [-0.2, -0.15) is 0 Å². The number of rotatable bonds is 7. The van der Waals surface area contributed by atoms with Gasteiger partial charge in [0.1, 0.15) is 5.82 Å². The molecule has 4 nitrogen and oxygen atoms in total. The van der Waals surface area contributed by atoms with Gasteiger partial charge in [-0.25, -0.2) is 12.8 Å². The molecule has 0 saturated heterocycles. The van der Waals surface area contributed by atoms with Crippen molar-refractivity contribution in [1.29, 1.82) is 0 Å². The zero-order valence-corrected chi connectivity index (χ0v) is 13.2. The molecule has 0 fully saturated rings. The molecule has 0 spiro atoms. The summed E-state index contributed by atoms with van der Waals surface area (Å²) in [7, 11) is -3.70. The van der Waals surface area contributed by atoms with E-state index < -0.39 is 15.8 Å². The Morgan fingerprint density at radius 1 is 0.955 bits per heavy atom. The van der Waals surface area contributed by atoms with Crippen LogP contribution in [0.1, 0.15) is 19.8 Å². The molecule has 2 rings (SSSR count). The van der Waals surface area contributed by atoms with Gasteiger partial charge in [0, 0.05) is 17.9 Å². The maximum Gasteiger partial charge on any atom is 0.261 e. The zero-order valence-electron chi connectivity index (χ0n) is 12.3. The first-order chi connectivity index (χ1) is 10.5. The Balaban J connectivity index is 2.05. The minimum atomic E-state index is -3.70. The van der Waals surface area contributed by atoms with Crippen LogP contribution in [0.5, 0.6) is 0 Å². The molecular formula is C16H19FN2O2S. The van der Waals surface area contributed by atoms with Crippen LogP contribution in [0.25, 0.3) is 0 Å². The molecule has 6 heteroatoms. The van der Waals surface area contributed by atoms with Gasteiger partial charge in [0.15, 0.2) is 0 Å². The van der Waals surface area contributed by atoms with Gasteiger partial charge in [-0.3, -0.25) is 4.72 Å². The quantitative estimate of drug-likeness (QED) is 0.762. The van der Waals surface area contributed by atoms with E-state index in [0.717, 1.165) is 37.2 Å². The van der Waals surface area contributed by atoms with Gasteiger partial charge in [-0.1, -0.05) is 13.3 Å². The van der Waals surface area contributed by atoms with Gasteiger partial charge >= 0.3 is 0 Å². The molecule has 0 unspecified atom stereocenters. The molecule has 0 bridgehead atoms. The molecule has 0 saturated carbocycles. The van der Waals surface area contributed by atoms with Crippen LogP contribution in [0.4, 0.5) is 15.8 Å². The van der Waals surface area contributed by atoms with Crippen LogP contribution < -0.4 is 10.0 Å². The SMILES string of the molecule is CCCCNc1ccc(NS(=O)(=O)c2ccc(F)cc2)cc1. The van der Waals surface area contributed by atoms with Gasteiger partial charge in [0.2, 0.25) is 0 Å². The number of halogens is 1. The van der Waals surface area contributed by atoms with Gasteiger partial charge in [-0.05, 0) is 55.0 Å². The number of sulfonamides is 1. The third-order valence-corrected chi connectivity index (χ3v) is 4.52. The van der Waals surface area contributed by atoms with E-state index in [0.29, 0.717) is 5.69 Å². The first-order valence-electron chi connectivity index (χ1n) is 7.13. The summed E-state index contributed by atoms with van der Waals surface area (Å²) >= 11 is 0. The predicted octanol–water partition coefficient (Wildman–Crippen LogP) is 3.84. The van der Waals surface area contributed by atoms with Crippen molar-refractivity contribution in [2.75, 3.05) is 16.6 Å². The van der Waals surface area contributed by atoms with E-state index in [1.807, 2.05) is 12.1 Å². The Kier molecular flexibility index (Phi) is 5.38. The number of anilines is 2. The smallest absolute Gasteiger partial charge is 0.261 e. The lowest BCUT2D eigenvalue weighted by atomic mass is 10.2. The molecular weight excluding hydrogens is 303 g/mol. The lowest BCUT2D eigenvalue weighted by molar-refractivity contribution is 0.599. The molecule has 0 heterocycles. The van der Waals surface area contributed by atoms with E-state index in [1.54, 1.807) is 12.1 Å². The van der Waals surface area contributed by atoms with Crippen molar-refractivity contribution < 1.29 is 12.8 Å². The molecule has 0 radical (unpaired) electrons. The van der Waals surface area contributed by atoms with E-state index in [4.69, 9.17) is 0 Å². The standard InChI is InChI=1S/C16H19FN2O2S/c1-2-3-12-18-14-6-8-15(9-7-14)19-22(20,21)16-10-4-13(17)5-11-16/h4-11,18-19H,2-3,12H2,1H3. The third kappa shape index (κ3) is 4.46. The number of benzene rings is 2. The largest absolute Gasteiger partial charge is 0.385 e. The number of nitrogens with one attached hydrogen (secondary N) is 2. The molecule has 0 amide bonds. The van der Waals surface area contributed by atoms with E-state index in [1.165, 1.54) is 12.1 Å². The molecule has 0 aliphatic carbocycles. The van der Waals surface area contributed by atoms with Crippen LogP contribution >= 0.6 is 0 Å². The summed E-state index contributed by atoms with van der Waals surface area (Å²) in [4.78, 5) is 0.0269. The summed E-state index contributed by atoms with van der Waals surface area (Å²) < 4.78 is 39.6. The van der Waals surface area contributed by atoms with E-state index in [-0.39, 0.29) is 4.90 Å². The van der Waals surface area contributed by atoms with Crippen LogP contribution in [0.2, 0.25) is 0 Å². The summed E-state index contributed by atoms with van der Waals surface area (Å²) in [5, 5.41) is 3.25. The minimum absolute atomic E-state index is 0.0269. The van der Waals surface area contributed by atoms with Gasteiger partial charge in [-0.15, -0.1) is 0 Å². The highest BCUT2D eigenvalue weighted by molar-refractivity contribution is 7.92. The lowest BCUT2D eigenvalue weighted by Gasteiger charge is -2.10. The fraction of sp³-hybridized carbons (Fsp3) is 0.250. The van der Waals surface area contributed by atoms with Crippen LogP contribution in [0.15, 0.2) is 53.4 Å². The first-order valence-corrected chi connectivity index (χ1v) is 8.62. The Morgan fingerprint density at radius 2 is 1.55 bits per heavy atom. The molecule has 118 valence electrons. The average Bonchev–Trinajstić information content (AvgIpc) is 2.49. The Morgan fingerprint density at radius 3 is 2.14 bits per heavy atom. The monoisotopic (exact) mass is 322 g/mol. The van der Waals surface area contributed by atoms with Crippen molar-refractivity contribution in [3.63, 3.8) is 0 Å². The predicted molar refractivity (Wildman–Crippen MR) is 87.0 cm³/mol. The summed E-state index contributed by atoms with van der Waals surface area (Å²) in [6.07, 6.45) is 2.20. The molecule has 2 aromatic rings. The minimum Gasteiger partial charge on any atom is -0.385 e. The molecule has 22 heavy (non-hydrogen) atoms. The van der Waals surface area contributed by atoms with Gasteiger partial charge in [0.05, 0.1) is 4.90 Å². The second-order valence-corrected chi connectivity index (χ2v) is 6.60. The topological polar surface area (TPSA) is 58.2 Å². The van der Waals surface area contributed by atoms with Gasteiger partial charge < -0.3 is 5.32 Å². The molecule has 2 aromatic carbocycles. The summed E-state index contributed by atoms with van der Waals surface area (Å²) in [6, 6.07) is 11.7. The van der Waals surface area contributed by atoms with Crippen molar-refractivity contribution >= 4 is 21.4 Å². The Hall–Kier alpha value is -2.08. The summed E-state index contributed by atoms with van der Waals surface area (Å²) in [5.74, 6) is -0.471. The van der Waals surface area contributed by atoms with E-state index in [9.17, 15) is 12.8 Å². The number of hydrogen-bond acceptors (Lipinski definition) is 3. The fourth-order valence-corrected chi connectivity index (χ4v) is 2.95.